The van der Waals surface area contributed by atoms with E-state index >= 15 is 0 Å². The molecular weight excluding hydrogens is 807 g/mol. The molecule has 322 valence electrons. The quantitative estimate of drug-likeness (QED) is 0.121. The number of pyridine rings is 1. The van der Waals surface area contributed by atoms with E-state index in [-0.39, 0.29) is 55.1 Å². The number of aromatic nitrogens is 4. The molecule has 4 heterocycles. The van der Waals surface area contributed by atoms with Gasteiger partial charge in [0, 0.05) is 64.0 Å². The number of carbonyl (C=O) groups excluding carboxylic acids is 3. The van der Waals surface area contributed by atoms with E-state index in [9.17, 15) is 32.3 Å². The highest BCUT2D eigenvalue weighted by Crippen LogP contribution is 2.38. The van der Waals surface area contributed by atoms with Gasteiger partial charge in [-0.15, -0.1) is 5.10 Å². The lowest BCUT2D eigenvalue weighted by molar-refractivity contribution is -0.141. The molecule has 2 aliphatic heterocycles. The van der Waals surface area contributed by atoms with Crippen molar-refractivity contribution in [3.05, 3.63) is 93.0 Å². The normalized spacial score (nSPS) is 15.6. The number of rotatable bonds is 14. The lowest BCUT2D eigenvalue weighted by Gasteiger charge is -2.37. The van der Waals surface area contributed by atoms with E-state index in [4.69, 9.17) is 26.8 Å². The van der Waals surface area contributed by atoms with Crippen LogP contribution in [0.4, 0.5) is 29.5 Å². The highest BCUT2D eigenvalue weighted by Gasteiger charge is 2.37. The molecule has 0 unspecified atom stereocenters. The minimum Gasteiger partial charge on any atom is -0.461 e. The van der Waals surface area contributed by atoms with Crippen molar-refractivity contribution in [1.82, 2.24) is 34.4 Å². The first-order valence-corrected chi connectivity index (χ1v) is 20.4. The molecule has 0 radical (unpaired) electrons. The Morgan fingerprint density at radius 2 is 1.70 bits per heavy atom. The summed E-state index contributed by atoms with van der Waals surface area (Å²) < 4.78 is 54.3. The molecule has 0 spiro atoms. The van der Waals surface area contributed by atoms with Gasteiger partial charge in [0.15, 0.2) is 11.9 Å². The van der Waals surface area contributed by atoms with Gasteiger partial charge in [0.25, 0.3) is 5.91 Å². The third kappa shape index (κ3) is 10.8. The highest BCUT2D eigenvalue weighted by atomic mass is 35.5. The molecule has 0 bridgehead atoms. The van der Waals surface area contributed by atoms with Gasteiger partial charge in [-0.3, -0.25) is 9.78 Å². The standard InChI is InChI=1S/C41H49ClF3N9O6/c1-3-14-50(4-2)21-22-59-38(56)29-10-11-34(47-26-29)51-17-19-52(20-18-51)37(55)33(25-27-23-31(41(43,44)45)35(46)32(42)24-27)60-40(58)53-15-12-30(13-16-53)54-39(57)48-36(49-54)28-8-6-5-7-9-28/h5-11,23-24,26,30,33H,3-4,12-22,25,46H2,1-2H3,(H,48,49,57)/t33-/m1/s1. The number of nitrogens with zero attached hydrogens (tertiary/aromatic N) is 7. The highest BCUT2D eigenvalue weighted by molar-refractivity contribution is 6.33. The Hall–Kier alpha value is -5.62. The van der Waals surface area contributed by atoms with Crippen LogP contribution in [0.5, 0.6) is 0 Å². The maximum absolute atomic E-state index is 14.1. The number of hydrogen-bond donors (Lipinski definition) is 2. The lowest BCUT2D eigenvalue weighted by Crippen LogP contribution is -2.53. The largest absolute Gasteiger partial charge is 0.461 e. The second-order valence-electron chi connectivity index (χ2n) is 14.7. The number of aromatic amines is 1. The summed E-state index contributed by atoms with van der Waals surface area (Å²) in [5, 5.41) is 4.13. The van der Waals surface area contributed by atoms with Gasteiger partial charge in [-0.2, -0.15) is 13.2 Å². The summed E-state index contributed by atoms with van der Waals surface area (Å²) in [5.74, 6) is -0.0704. The van der Waals surface area contributed by atoms with Crippen LogP contribution in [-0.4, -0.2) is 124 Å². The van der Waals surface area contributed by atoms with Gasteiger partial charge < -0.3 is 34.8 Å². The van der Waals surface area contributed by atoms with Crippen molar-refractivity contribution in [2.75, 3.05) is 76.1 Å². The lowest BCUT2D eigenvalue weighted by atomic mass is 10.0. The van der Waals surface area contributed by atoms with Crippen LogP contribution < -0.4 is 16.3 Å². The van der Waals surface area contributed by atoms with E-state index in [2.05, 4.69) is 33.8 Å². The van der Waals surface area contributed by atoms with Crippen molar-refractivity contribution >= 4 is 41.1 Å². The third-order valence-electron chi connectivity index (χ3n) is 10.7. The van der Waals surface area contributed by atoms with Gasteiger partial charge >= 0.3 is 23.9 Å². The van der Waals surface area contributed by atoms with Crippen molar-refractivity contribution in [1.29, 1.82) is 0 Å². The first-order valence-electron chi connectivity index (χ1n) is 20.0. The first-order chi connectivity index (χ1) is 28.7. The number of piperazine rings is 1. The van der Waals surface area contributed by atoms with Gasteiger partial charge in [-0.05, 0) is 62.2 Å². The van der Waals surface area contributed by atoms with Crippen LogP contribution in [-0.2, 0) is 26.9 Å². The van der Waals surface area contributed by atoms with Crippen LogP contribution in [0.2, 0.25) is 5.02 Å². The number of hydrogen-bond acceptors (Lipinski definition) is 11. The second kappa shape index (κ2) is 19.6. The molecule has 19 heteroatoms. The number of halogens is 4. The predicted molar refractivity (Wildman–Crippen MR) is 219 cm³/mol. The van der Waals surface area contributed by atoms with Crippen LogP contribution in [0, 0.1) is 0 Å². The summed E-state index contributed by atoms with van der Waals surface area (Å²) in [7, 11) is 0. The number of carbonyl (C=O) groups is 3. The topological polar surface area (TPSA) is 172 Å². The Labute approximate surface area is 350 Å². The summed E-state index contributed by atoms with van der Waals surface area (Å²) in [5.41, 5.74) is 4.53. The van der Waals surface area contributed by atoms with Crippen molar-refractivity contribution in [3.63, 3.8) is 0 Å². The Kier molecular flexibility index (Phi) is 14.4. The van der Waals surface area contributed by atoms with Crippen LogP contribution in [0.25, 0.3) is 11.4 Å². The van der Waals surface area contributed by atoms with Crippen molar-refractivity contribution < 1.29 is 37.0 Å². The van der Waals surface area contributed by atoms with E-state index in [1.807, 2.05) is 35.2 Å². The fraction of sp³-hybridized carbons (Fsp3) is 0.463. The van der Waals surface area contributed by atoms with Gasteiger partial charge in [-0.1, -0.05) is 55.8 Å². The number of amides is 2. The summed E-state index contributed by atoms with van der Waals surface area (Å²) >= 11 is 6.12. The molecule has 3 N–H and O–H groups in total. The fourth-order valence-corrected chi connectivity index (χ4v) is 7.61. The number of likely N-dealkylation sites (tertiary alicyclic amines) is 1. The molecule has 2 saturated heterocycles. The summed E-state index contributed by atoms with van der Waals surface area (Å²) in [6, 6.07) is 14.2. The number of nitrogens with two attached hydrogens (primary N) is 1. The average Bonchev–Trinajstić information content (AvgIpc) is 3.65. The van der Waals surface area contributed by atoms with Crippen LogP contribution >= 0.6 is 11.6 Å². The molecule has 15 nitrogen and oxygen atoms in total. The Morgan fingerprint density at radius 1 is 0.983 bits per heavy atom. The monoisotopic (exact) mass is 855 g/mol. The molecule has 0 saturated carbocycles. The molecule has 6 rings (SSSR count). The summed E-state index contributed by atoms with van der Waals surface area (Å²) in [6.07, 6.45) is -4.37. The number of nitrogen functional groups attached to an aromatic ring is 1. The molecule has 0 aliphatic carbocycles. The minimum atomic E-state index is -4.82. The number of piperidine rings is 1. The molecule has 2 aromatic heterocycles. The summed E-state index contributed by atoms with van der Waals surface area (Å²) in [6.45, 7) is 8.24. The van der Waals surface area contributed by atoms with Gasteiger partial charge in [0.05, 0.1) is 27.9 Å². The number of H-pyrrole nitrogens is 1. The van der Waals surface area contributed by atoms with E-state index in [1.165, 1.54) is 26.7 Å². The third-order valence-corrected chi connectivity index (χ3v) is 11.0. The Morgan fingerprint density at radius 3 is 2.33 bits per heavy atom. The molecule has 60 heavy (non-hydrogen) atoms. The van der Waals surface area contributed by atoms with Crippen LogP contribution in [0.1, 0.15) is 60.6 Å². The molecule has 2 amide bonds. The number of alkyl halides is 3. The minimum absolute atomic E-state index is 0.00334. The zero-order valence-corrected chi connectivity index (χ0v) is 34.3. The number of benzene rings is 2. The number of nitrogens with one attached hydrogen (secondary N) is 1. The van der Waals surface area contributed by atoms with Crippen LogP contribution in [0.15, 0.2) is 65.6 Å². The van der Waals surface area contributed by atoms with Crippen molar-refractivity contribution in [3.8, 4) is 11.4 Å². The molecule has 4 aromatic rings. The second-order valence-corrected chi connectivity index (χ2v) is 15.1. The maximum Gasteiger partial charge on any atom is 0.418 e. The molecule has 2 aliphatic rings. The van der Waals surface area contributed by atoms with Gasteiger partial charge in [-0.25, -0.2) is 24.0 Å². The number of anilines is 2. The van der Waals surface area contributed by atoms with E-state index in [0.29, 0.717) is 49.7 Å². The van der Waals surface area contributed by atoms with Gasteiger partial charge in [0.1, 0.15) is 12.4 Å². The fourth-order valence-electron chi connectivity index (χ4n) is 7.37. The average molecular weight is 856 g/mol. The van der Waals surface area contributed by atoms with E-state index < -0.39 is 47.9 Å². The number of ether oxygens (including phenoxy) is 2. The molecular formula is C41H49ClF3N9O6. The molecule has 2 aromatic carbocycles. The molecule has 2 fully saturated rings. The Bertz CT molecular complexity index is 2150. The SMILES string of the molecule is CCCN(CC)CCOC(=O)c1ccc(N2CCN(C(=O)[C@@H](Cc3cc(Cl)c(N)c(C(F)(F)F)c3)OC(=O)N3CCC(n4nc(-c5ccccc5)[nH]c4=O)CC3)CC2)nc1. The predicted octanol–water partition coefficient (Wildman–Crippen LogP) is 5.51. The van der Waals surface area contributed by atoms with Crippen molar-refractivity contribution in [2.24, 2.45) is 0 Å². The first kappa shape index (κ1) is 43.9. The van der Waals surface area contributed by atoms with E-state index in [1.54, 1.807) is 12.1 Å². The molecule has 1 atom stereocenters. The zero-order valence-electron chi connectivity index (χ0n) is 33.5. The van der Waals surface area contributed by atoms with Crippen LogP contribution in [0.3, 0.4) is 0 Å². The number of likely N-dealkylation sites (N-methyl/N-ethyl adjacent to an activating group) is 1. The summed E-state index contributed by atoms with van der Waals surface area (Å²) in [4.78, 5) is 67.4. The van der Waals surface area contributed by atoms with Gasteiger partial charge in [0.2, 0.25) is 0 Å². The number of esters is 1. The zero-order chi connectivity index (χ0) is 43.0. The van der Waals surface area contributed by atoms with E-state index in [0.717, 1.165) is 31.1 Å². The smallest absolute Gasteiger partial charge is 0.418 e. The Balaban J connectivity index is 1.10. The maximum atomic E-state index is 14.1. The van der Waals surface area contributed by atoms with Crippen molar-refractivity contribution in [2.45, 2.75) is 57.9 Å².